The number of carbonyl (C=O) groups is 2. The lowest BCUT2D eigenvalue weighted by atomic mass is 9.89. The number of aryl methyl sites for hydroxylation is 1. The van der Waals surface area contributed by atoms with Crippen LogP contribution in [-0.2, 0) is 11.8 Å². The van der Waals surface area contributed by atoms with Crippen molar-refractivity contribution in [3.8, 4) is 6.07 Å². The second-order valence-electron chi connectivity index (χ2n) is 9.33. The average Bonchev–Trinajstić information content (AvgIpc) is 3.14. The van der Waals surface area contributed by atoms with Gasteiger partial charge in [0.25, 0.3) is 5.91 Å². The number of piperidine rings is 1. The van der Waals surface area contributed by atoms with E-state index in [1.165, 1.54) is 5.56 Å². The van der Waals surface area contributed by atoms with Crippen LogP contribution in [0.1, 0.15) is 60.5 Å². The summed E-state index contributed by atoms with van der Waals surface area (Å²) >= 11 is 0. The zero-order valence-corrected chi connectivity index (χ0v) is 19.5. The molecule has 0 saturated carbocycles. The summed E-state index contributed by atoms with van der Waals surface area (Å²) in [6.07, 6.45) is 4.68. The van der Waals surface area contributed by atoms with Gasteiger partial charge in [0.15, 0.2) is 0 Å². The number of rotatable bonds is 5. The van der Waals surface area contributed by atoms with Crippen LogP contribution in [0.4, 0.5) is 5.69 Å². The molecular formula is C27H30N4O2. The van der Waals surface area contributed by atoms with Crippen molar-refractivity contribution in [1.29, 1.82) is 5.26 Å². The van der Waals surface area contributed by atoms with Gasteiger partial charge in [0.05, 0.1) is 11.6 Å². The van der Waals surface area contributed by atoms with Gasteiger partial charge in [-0.3, -0.25) is 9.59 Å². The Morgan fingerprint density at radius 1 is 1.15 bits per heavy atom. The standard InChI is InChI=1S/C27H30N4O2/c1-18(2)13-26(32)31-11-9-20(10-12-31)24-17-30(3)25-8-7-22(15-23(24)25)29-27(33)21-6-4-5-19(14-21)16-28/h4-8,14-15,17-18,20H,9-13H2,1-3H3,(H,29,33). The molecule has 33 heavy (non-hydrogen) atoms. The normalized spacial score (nSPS) is 14.5. The minimum Gasteiger partial charge on any atom is -0.350 e. The van der Waals surface area contributed by atoms with E-state index < -0.39 is 0 Å². The summed E-state index contributed by atoms with van der Waals surface area (Å²) in [5, 5.41) is 13.2. The zero-order chi connectivity index (χ0) is 23.5. The highest BCUT2D eigenvalue weighted by atomic mass is 16.2. The molecule has 0 radical (unpaired) electrons. The van der Waals surface area contributed by atoms with Gasteiger partial charge in [0, 0.05) is 54.9 Å². The summed E-state index contributed by atoms with van der Waals surface area (Å²) in [5.41, 5.74) is 4.04. The van der Waals surface area contributed by atoms with E-state index in [0.717, 1.165) is 42.5 Å². The quantitative estimate of drug-likeness (QED) is 0.600. The monoisotopic (exact) mass is 442 g/mol. The Morgan fingerprint density at radius 3 is 2.61 bits per heavy atom. The zero-order valence-electron chi connectivity index (χ0n) is 19.5. The molecule has 1 aliphatic rings. The average molecular weight is 443 g/mol. The van der Waals surface area contributed by atoms with Crippen LogP contribution in [0.2, 0.25) is 0 Å². The first kappa shape index (κ1) is 22.6. The maximum Gasteiger partial charge on any atom is 0.255 e. The van der Waals surface area contributed by atoms with E-state index >= 15 is 0 Å². The second kappa shape index (κ2) is 9.50. The lowest BCUT2D eigenvalue weighted by Gasteiger charge is -2.32. The van der Waals surface area contributed by atoms with E-state index in [9.17, 15) is 9.59 Å². The first-order chi connectivity index (χ1) is 15.9. The first-order valence-corrected chi connectivity index (χ1v) is 11.5. The molecule has 0 bridgehead atoms. The lowest BCUT2D eigenvalue weighted by molar-refractivity contribution is -0.133. The van der Waals surface area contributed by atoms with Gasteiger partial charge >= 0.3 is 0 Å². The van der Waals surface area contributed by atoms with Gasteiger partial charge in [-0.15, -0.1) is 0 Å². The van der Waals surface area contributed by atoms with Crippen LogP contribution in [0, 0.1) is 17.2 Å². The molecule has 6 nitrogen and oxygen atoms in total. The molecule has 3 aromatic rings. The van der Waals surface area contributed by atoms with Crippen LogP contribution in [0.25, 0.3) is 10.9 Å². The molecule has 0 unspecified atom stereocenters. The summed E-state index contributed by atoms with van der Waals surface area (Å²) in [7, 11) is 2.04. The Bertz CT molecular complexity index is 1230. The molecule has 0 atom stereocenters. The number of nitrogens with one attached hydrogen (secondary N) is 1. The molecule has 1 N–H and O–H groups in total. The van der Waals surface area contributed by atoms with E-state index in [-0.39, 0.29) is 11.8 Å². The number of likely N-dealkylation sites (tertiary alicyclic amines) is 1. The lowest BCUT2D eigenvalue weighted by Crippen LogP contribution is -2.38. The van der Waals surface area contributed by atoms with Gasteiger partial charge in [-0.05, 0) is 66.6 Å². The molecule has 1 saturated heterocycles. The van der Waals surface area contributed by atoms with Gasteiger partial charge in [-0.1, -0.05) is 19.9 Å². The number of hydrogen-bond donors (Lipinski definition) is 1. The Kier molecular flexibility index (Phi) is 6.50. The van der Waals surface area contributed by atoms with Crippen molar-refractivity contribution in [3.05, 3.63) is 65.4 Å². The number of benzene rings is 2. The number of aromatic nitrogens is 1. The fraction of sp³-hybridized carbons (Fsp3) is 0.370. The third-order valence-corrected chi connectivity index (χ3v) is 6.40. The number of anilines is 1. The van der Waals surface area contributed by atoms with Gasteiger partial charge in [0.1, 0.15) is 0 Å². The highest BCUT2D eigenvalue weighted by Crippen LogP contribution is 2.35. The molecule has 1 aromatic heterocycles. The highest BCUT2D eigenvalue weighted by molar-refractivity contribution is 6.05. The third kappa shape index (κ3) is 4.93. The molecule has 1 aliphatic heterocycles. The van der Waals surface area contributed by atoms with Crippen molar-refractivity contribution in [1.82, 2.24) is 9.47 Å². The van der Waals surface area contributed by atoms with Gasteiger partial charge in [-0.25, -0.2) is 0 Å². The number of nitriles is 1. The molecule has 2 heterocycles. The van der Waals surface area contributed by atoms with Crippen molar-refractivity contribution >= 4 is 28.4 Å². The fourth-order valence-electron chi connectivity index (χ4n) is 4.68. The van der Waals surface area contributed by atoms with Crippen LogP contribution in [0.5, 0.6) is 0 Å². The summed E-state index contributed by atoms with van der Waals surface area (Å²) in [6.45, 7) is 5.74. The Hall–Kier alpha value is -3.59. The molecule has 0 spiro atoms. The van der Waals surface area contributed by atoms with Crippen molar-refractivity contribution in [3.63, 3.8) is 0 Å². The maximum atomic E-state index is 12.7. The van der Waals surface area contributed by atoms with Crippen LogP contribution >= 0.6 is 0 Å². The van der Waals surface area contributed by atoms with Crippen molar-refractivity contribution in [2.75, 3.05) is 18.4 Å². The third-order valence-electron chi connectivity index (χ3n) is 6.40. The predicted molar refractivity (Wildman–Crippen MR) is 130 cm³/mol. The van der Waals surface area contributed by atoms with Crippen LogP contribution < -0.4 is 5.32 Å². The van der Waals surface area contributed by atoms with Crippen molar-refractivity contribution < 1.29 is 9.59 Å². The van der Waals surface area contributed by atoms with Crippen LogP contribution in [-0.4, -0.2) is 34.4 Å². The smallest absolute Gasteiger partial charge is 0.255 e. The van der Waals surface area contributed by atoms with Crippen molar-refractivity contribution in [2.24, 2.45) is 13.0 Å². The Balaban J connectivity index is 1.52. The fourth-order valence-corrected chi connectivity index (χ4v) is 4.68. The molecule has 170 valence electrons. The summed E-state index contributed by atoms with van der Waals surface area (Å²) < 4.78 is 2.13. The van der Waals surface area contributed by atoms with Crippen LogP contribution in [0.15, 0.2) is 48.7 Å². The van der Waals surface area contributed by atoms with Gasteiger partial charge in [0.2, 0.25) is 5.91 Å². The van der Waals surface area contributed by atoms with Crippen LogP contribution in [0.3, 0.4) is 0 Å². The Labute approximate surface area is 194 Å². The summed E-state index contributed by atoms with van der Waals surface area (Å²) in [5.74, 6) is 0.784. The van der Waals surface area contributed by atoms with Crippen molar-refractivity contribution in [2.45, 2.75) is 39.0 Å². The van der Waals surface area contributed by atoms with E-state index in [2.05, 4.69) is 36.0 Å². The highest BCUT2D eigenvalue weighted by Gasteiger charge is 2.26. The number of amides is 2. The van der Waals surface area contributed by atoms with E-state index in [0.29, 0.717) is 29.4 Å². The van der Waals surface area contributed by atoms with E-state index in [1.54, 1.807) is 24.3 Å². The number of nitrogens with zero attached hydrogens (tertiary/aromatic N) is 3. The van der Waals surface area contributed by atoms with Gasteiger partial charge in [-0.2, -0.15) is 5.26 Å². The van der Waals surface area contributed by atoms with Gasteiger partial charge < -0.3 is 14.8 Å². The molecule has 0 aliphatic carbocycles. The molecule has 1 fully saturated rings. The Morgan fingerprint density at radius 2 is 1.91 bits per heavy atom. The minimum atomic E-state index is -0.235. The minimum absolute atomic E-state index is 0.235. The summed E-state index contributed by atoms with van der Waals surface area (Å²) in [6, 6.07) is 14.7. The number of hydrogen-bond acceptors (Lipinski definition) is 3. The second-order valence-corrected chi connectivity index (χ2v) is 9.33. The molecular weight excluding hydrogens is 412 g/mol. The van der Waals surface area contributed by atoms with E-state index in [1.807, 2.05) is 30.1 Å². The molecule has 6 heteroatoms. The molecule has 2 aromatic carbocycles. The maximum absolute atomic E-state index is 12.7. The van der Waals surface area contributed by atoms with E-state index in [4.69, 9.17) is 5.26 Å². The topological polar surface area (TPSA) is 78.1 Å². The number of fused-ring (bicyclic) bond motifs is 1. The number of carbonyl (C=O) groups excluding carboxylic acids is 2. The predicted octanol–water partition coefficient (Wildman–Crippen LogP) is 5.05. The summed E-state index contributed by atoms with van der Waals surface area (Å²) in [4.78, 5) is 27.2. The first-order valence-electron chi connectivity index (χ1n) is 11.5. The molecule has 4 rings (SSSR count). The molecule has 2 amide bonds. The SMILES string of the molecule is CC(C)CC(=O)N1CCC(c2cn(C)c3ccc(NC(=O)c4cccc(C#N)c4)cc23)CC1. The largest absolute Gasteiger partial charge is 0.350 e.